The highest BCUT2D eigenvalue weighted by Gasteiger charge is 2.38. The normalized spacial score (nSPS) is 16.6. The second-order valence-electron chi connectivity index (χ2n) is 12.3. The molecule has 0 radical (unpaired) electrons. The summed E-state index contributed by atoms with van der Waals surface area (Å²) < 4.78 is 2.36. The summed E-state index contributed by atoms with van der Waals surface area (Å²) in [7, 11) is 0. The van der Waals surface area contributed by atoms with Crippen LogP contribution >= 0.6 is 0 Å². The molecular weight excluding hydrogens is 560 g/mol. The predicted molar refractivity (Wildman–Crippen MR) is 189 cm³/mol. The van der Waals surface area contributed by atoms with Gasteiger partial charge in [-0.2, -0.15) is 0 Å². The van der Waals surface area contributed by atoms with Crippen molar-refractivity contribution in [2.45, 2.75) is 12.0 Å². The summed E-state index contributed by atoms with van der Waals surface area (Å²) in [5, 5.41) is 7.45. The third-order valence-electron chi connectivity index (χ3n) is 9.86. The van der Waals surface area contributed by atoms with Crippen molar-refractivity contribution in [1.82, 2.24) is 14.5 Å². The Hall–Kier alpha value is -6.00. The maximum Gasteiger partial charge on any atom is 0.0636 e. The third-order valence-corrected chi connectivity index (χ3v) is 9.86. The first kappa shape index (κ1) is 25.3. The van der Waals surface area contributed by atoms with Crippen LogP contribution in [0.4, 0.5) is 11.4 Å². The van der Waals surface area contributed by atoms with E-state index in [-0.39, 0.29) is 12.0 Å². The van der Waals surface area contributed by atoms with E-state index in [1.54, 1.807) is 0 Å². The molecule has 2 unspecified atom stereocenters. The lowest BCUT2D eigenvalue weighted by molar-refractivity contribution is 0.801. The Morgan fingerprint density at radius 3 is 1.96 bits per heavy atom. The number of aromatic nitrogens is 3. The standard InChI is InChI=1S/C42H28N4/c1-3-7-31-23-41-35(21-29(31)5-1)37-25-43-19-17-39(37)45(41)33-13-9-27(10-14-33)28-11-15-34(16-12-28)46-40-18-20-44-26-38(40)36-22-30-6-2-4-8-32(30)24-42(36)46/h1-26,35,41H. The van der Waals surface area contributed by atoms with E-state index in [1.807, 2.05) is 24.8 Å². The van der Waals surface area contributed by atoms with E-state index >= 15 is 0 Å². The fraction of sp³-hybridized carbons (Fsp3) is 0.0476. The molecule has 5 aromatic carbocycles. The number of hydrogen-bond donors (Lipinski definition) is 0. The molecule has 2 aliphatic rings. The van der Waals surface area contributed by atoms with E-state index < -0.39 is 0 Å². The predicted octanol–water partition coefficient (Wildman–Crippen LogP) is 8.27. The van der Waals surface area contributed by atoms with Gasteiger partial charge in [-0.15, -0.1) is 0 Å². The Balaban J connectivity index is 1.02. The van der Waals surface area contributed by atoms with E-state index in [0.717, 1.165) is 11.2 Å². The molecule has 216 valence electrons. The number of hydrogen-bond acceptors (Lipinski definition) is 3. The van der Waals surface area contributed by atoms with E-state index in [0.29, 0.717) is 0 Å². The van der Waals surface area contributed by atoms with Crippen molar-refractivity contribution in [3.63, 3.8) is 0 Å². The molecule has 10 rings (SSSR count). The maximum atomic E-state index is 4.49. The molecule has 1 aliphatic carbocycles. The highest BCUT2D eigenvalue weighted by Crippen LogP contribution is 2.47. The van der Waals surface area contributed by atoms with Gasteiger partial charge in [0.25, 0.3) is 0 Å². The van der Waals surface area contributed by atoms with Crippen LogP contribution in [0, 0.1) is 0 Å². The van der Waals surface area contributed by atoms with E-state index in [9.17, 15) is 0 Å². The largest absolute Gasteiger partial charge is 0.333 e. The van der Waals surface area contributed by atoms with Gasteiger partial charge in [0.05, 0.1) is 17.1 Å². The van der Waals surface area contributed by atoms with Crippen LogP contribution in [-0.4, -0.2) is 20.6 Å². The minimum absolute atomic E-state index is 0.220. The molecule has 0 saturated carbocycles. The van der Waals surface area contributed by atoms with Crippen molar-refractivity contribution < 1.29 is 0 Å². The quantitative estimate of drug-likeness (QED) is 0.208. The lowest BCUT2D eigenvalue weighted by atomic mass is 9.90. The van der Waals surface area contributed by atoms with Gasteiger partial charge in [0.2, 0.25) is 0 Å². The zero-order chi connectivity index (χ0) is 30.2. The second kappa shape index (κ2) is 9.75. The van der Waals surface area contributed by atoms with Gasteiger partial charge in [0.15, 0.2) is 0 Å². The number of rotatable bonds is 3. The summed E-state index contributed by atoms with van der Waals surface area (Å²) in [5.74, 6) is 0.278. The molecule has 4 nitrogen and oxygen atoms in total. The molecule has 0 saturated heterocycles. The third kappa shape index (κ3) is 3.74. The van der Waals surface area contributed by atoms with E-state index in [4.69, 9.17) is 0 Å². The Morgan fingerprint density at radius 2 is 1.17 bits per heavy atom. The van der Waals surface area contributed by atoms with Crippen LogP contribution in [0.3, 0.4) is 0 Å². The molecule has 0 amide bonds. The summed E-state index contributed by atoms with van der Waals surface area (Å²) in [5.41, 5.74) is 9.59. The van der Waals surface area contributed by atoms with Crippen molar-refractivity contribution in [2.24, 2.45) is 0 Å². The Kier molecular flexibility index (Phi) is 5.37. The molecule has 0 fully saturated rings. The zero-order valence-corrected chi connectivity index (χ0v) is 25.0. The van der Waals surface area contributed by atoms with Gasteiger partial charge in [-0.25, -0.2) is 0 Å². The Morgan fingerprint density at radius 1 is 0.522 bits per heavy atom. The molecule has 8 aromatic rings. The lowest BCUT2D eigenvalue weighted by Gasteiger charge is -2.29. The minimum Gasteiger partial charge on any atom is -0.333 e. The first-order valence-corrected chi connectivity index (χ1v) is 15.8. The van der Waals surface area contributed by atoms with Gasteiger partial charge in [-0.3, -0.25) is 9.97 Å². The Labute approximate surface area is 265 Å². The smallest absolute Gasteiger partial charge is 0.0636 e. The lowest BCUT2D eigenvalue weighted by Crippen LogP contribution is -2.38. The van der Waals surface area contributed by atoms with Crippen LogP contribution in [0.2, 0.25) is 0 Å². The number of fused-ring (bicyclic) bond motifs is 8. The van der Waals surface area contributed by atoms with Crippen molar-refractivity contribution in [1.29, 1.82) is 0 Å². The molecule has 1 aliphatic heterocycles. The Bertz CT molecular complexity index is 2600. The highest BCUT2D eigenvalue weighted by molar-refractivity contribution is 6.13. The molecule has 2 atom stereocenters. The SMILES string of the molecule is C1=c2ccccc2=CC2C1c1cnccc1N2c1ccc(-c2ccc(-n3c4ccncc4c4cc5ccccc5cc43)cc2)cc1. The average Bonchev–Trinajstić information content (AvgIpc) is 3.61. The summed E-state index contributed by atoms with van der Waals surface area (Å²) >= 11 is 0. The van der Waals surface area contributed by atoms with Gasteiger partial charge >= 0.3 is 0 Å². The van der Waals surface area contributed by atoms with Crippen molar-refractivity contribution in [2.75, 3.05) is 4.90 Å². The molecular formula is C42H28N4. The van der Waals surface area contributed by atoms with Crippen LogP contribution in [0.15, 0.2) is 146 Å². The summed E-state index contributed by atoms with van der Waals surface area (Å²) in [6.45, 7) is 0. The molecule has 4 heteroatoms. The van der Waals surface area contributed by atoms with E-state index in [2.05, 4.69) is 153 Å². The fourth-order valence-electron chi connectivity index (χ4n) is 7.69. The van der Waals surface area contributed by atoms with Crippen LogP contribution in [-0.2, 0) is 0 Å². The van der Waals surface area contributed by atoms with Crippen LogP contribution in [0.1, 0.15) is 11.5 Å². The molecule has 0 bridgehead atoms. The van der Waals surface area contributed by atoms with Crippen LogP contribution in [0.25, 0.3) is 61.5 Å². The topological polar surface area (TPSA) is 34.0 Å². The molecule has 3 aromatic heterocycles. The van der Waals surface area contributed by atoms with E-state index in [1.165, 1.54) is 65.6 Å². The number of benzene rings is 5. The van der Waals surface area contributed by atoms with Crippen LogP contribution < -0.4 is 15.3 Å². The average molecular weight is 589 g/mol. The van der Waals surface area contributed by atoms with Crippen molar-refractivity contribution in [3.05, 3.63) is 162 Å². The summed E-state index contributed by atoms with van der Waals surface area (Å²) in [6, 6.07) is 44.3. The highest BCUT2D eigenvalue weighted by atomic mass is 15.2. The molecule has 0 N–H and O–H groups in total. The zero-order valence-electron chi connectivity index (χ0n) is 25.0. The summed E-state index contributed by atoms with van der Waals surface area (Å²) in [4.78, 5) is 11.4. The van der Waals surface area contributed by atoms with Gasteiger partial charge in [0, 0.05) is 64.1 Å². The number of nitrogens with zero attached hydrogens (tertiary/aromatic N) is 4. The monoisotopic (exact) mass is 588 g/mol. The van der Waals surface area contributed by atoms with Gasteiger partial charge in [-0.1, -0.05) is 84.9 Å². The first-order chi connectivity index (χ1) is 22.8. The van der Waals surface area contributed by atoms with Crippen LogP contribution in [0.5, 0.6) is 0 Å². The second-order valence-corrected chi connectivity index (χ2v) is 12.3. The summed E-state index contributed by atoms with van der Waals surface area (Å²) in [6.07, 6.45) is 12.6. The van der Waals surface area contributed by atoms with Gasteiger partial charge < -0.3 is 9.47 Å². The number of pyridine rings is 2. The van der Waals surface area contributed by atoms with Crippen molar-refractivity contribution in [3.8, 4) is 16.8 Å². The fourth-order valence-corrected chi connectivity index (χ4v) is 7.69. The first-order valence-electron chi connectivity index (χ1n) is 15.8. The molecule has 0 spiro atoms. The van der Waals surface area contributed by atoms with Crippen molar-refractivity contribution >= 4 is 56.1 Å². The van der Waals surface area contributed by atoms with Gasteiger partial charge in [0.1, 0.15) is 0 Å². The molecule has 46 heavy (non-hydrogen) atoms. The minimum atomic E-state index is 0.220. The maximum absolute atomic E-state index is 4.49. The van der Waals surface area contributed by atoms with Gasteiger partial charge in [-0.05, 0) is 80.9 Å². The number of anilines is 2. The molecule has 4 heterocycles.